The van der Waals surface area contributed by atoms with Crippen LogP contribution in [0.3, 0.4) is 0 Å². The predicted molar refractivity (Wildman–Crippen MR) is 116 cm³/mol. The van der Waals surface area contributed by atoms with Crippen LogP contribution in [0.1, 0.15) is 48.5 Å². The number of ether oxygens (including phenoxy) is 1. The molecule has 0 aliphatic carbocycles. The number of urea groups is 1. The van der Waals surface area contributed by atoms with Crippen molar-refractivity contribution in [1.29, 1.82) is 0 Å². The molecule has 2 aromatic rings. The van der Waals surface area contributed by atoms with E-state index in [4.69, 9.17) is 9.72 Å². The highest BCUT2D eigenvalue weighted by atomic mass is 32.1. The van der Waals surface area contributed by atoms with E-state index in [0.717, 1.165) is 17.1 Å². The van der Waals surface area contributed by atoms with Gasteiger partial charge in [0.1, 0.15) is 6.04 Å². The number of rotatable bonds is 8. The largest absolute Gasteiger partial charge is 0.467 e. The molecule has 1 aromatic carbocycles. The Morgan fingerprint density at radius 1 is 1.21 bits per heavy atom. The smallest absolute Gasteiger partial charge is 0.328 e. The Morgan fingerprint density at radius 2 is 1.86 bits per heavy atom. The number of nitrogens with zero attached hydrogens (tertiary/aromatic N) is 2. The van der Waals surface area contributed by atoms with Gasteiger partial charge in [0.15, 0.2) is 0 Å². The first-order valence-corrected chi connectivity index (χ1v) is 10.7. The third-order valence-electron chi connectivity index (χ3n) is 4.80. The van der Waals surface area contributed by atoms with E-state index in [1.807, 2.05) is 19.2 Å². The first-order valence-electron chi connectivity index (χ1n) is 9.80. The Labute approximate surface area is 177 Å². The molecule has 158 valence electrons. The van der Waals surface area contributed by atoms with Gasteiger partial charge in [-0.05, 0) is 24.8 Å². The lowest BCUT2D eigenvalue weighted by atomic mass is 10.0. The topological polar surface area (TPSA) is 71.5 Å². The molecule has 2 atom stereocenters. The second-order valence-corrected chi connectivity index (χ2v) is 8.71. The molecule has 0 saturated carbocycles. The van der Waals surface area contributed by atoms with E-state index in [-0.39, 0.29) is 11.9 Å². The van der Waals surface area contributed by atoms with E-state index >= 15 is 0 Å². The minimum absolute atomic E-state index is 0.0618. The fourth-order valence-corrected chi connectivity index (χ4v) is 3.84. The van der Waals surface area contributed by atoms with E-state index in [9.17, 15) is 9.59 Å². The quantitative estimate of drug-likeness (QED) is 0.656. The molecule has 1 heterocycles. The van der Waals surface area contributed by atoms with Gasteiger partial charge >= 0.3 is 12.0 Å². The number of esters is 1. The van der Waals surface area contributed by atoms with E-state index < -0.39 is 12.0 Å². The normalized spacial score (nSPS) is 13.1. The second kappa shape index (κ2) is 10.4. The average molecular weight is 418 g/mol. The van der Waals surface area contributed by atoms with Crippen LogP contribution in [-0.2, 0) is 22.5 Å². The number of aromatic nitrogens is 1. The molecule has 6 nitrogen and oxygen atoms in total. The van der Waals surface area contributed by atoms with E-state index in [1.165, 1.54) is 23.1 Å². The van der Waals surface area contributed by atoms with Gasteiger partial charge in [0.25, 0.3) is 0 Å². The number of hydrogen-bond donors (Lipinski definition) is 1. The standard InChI is InChI=1S/C22H31N3O3S/c1-14(2)19(21(26)28-6)24-22(27)25(5)12-18-13-29-20(23-18)16(4)11-17-9-7-15(3)8-10-17/h7-10,13-14,16,19H,11-12H2,1-6H3,(H,24,27)/t16?,19-/m0/s1. The molecule has 0 fully saturated rings. The van der Waals surface area contributed by atoms with Gasteiger partial charge in [0, 0.05) is 18.3 Å². The Kier molecular flexibility index (Phi) is 8.20. The minimum Gasteiger partial charge on any atom is -0.467 e. The number of carbonyl (C=O) groups is 2. The first-order chi connectivity index (χ1) is 13.7. The third kappa shape index (κ3) is 6.56. The van der Waals surface area contributed by atoms with Crippen LogP contribution in [0.4, 0.5) is 4.79 Å². The molecule has 2 amide bonds. The number of amides is 2. The van der Waals surface area contributed by atoms with Crippen molar-refractivity contribution in [2.45, 2.75) is 52.6 Å². The molecule has 0 spiro atoms. The van der Waals surface area contributed by atoms with Crippen LogP contribution in [0.15, 0.2) is 29.6 Å². The zero-order valence-electron chi connectivity index (χ0n) is 18.1. The SMILES string of the molecule is COC(=O)[C@@H](NC(=O)N(C)Cc1csc(C(C)Cc2ccc(C)cc2)n1)C(C)C. The predicted octanol–water partition coefficient (Wildman–Crippen LogP) is 4.14. The number of aryl methyl sites for hydroxylation is 1. The van der Waals surface area contributed by atoms with Crippen molar-refractivity contribution < 1.29 is 14.3 Å². The van der Waals surface area contributed by atoms with Crippen molar-refractivity contribution >= 4 is 23.3 Å². The monoisotopic (exact) mass is 417 g/mol. The fraction of sp³-hybridized carbons (Fsp3) is 0.500. The summed E-state index contributed by atoms with van der Waals surface area (Å²) in [5.41, 5.74) is 3.39. The maximum atomic E-state index is 12.5. The number of carbonyl (C=O) groups excluding carboxylic acids is 2. The van der Waals surface area contributed by atoms with Crippen LogP contribution in [0, 0.1) is 12.8 Å². The summed E-state index contributed by atoms with van der Waals surface area (Å²) < 4.78 is 4.77. The fourth-order valence-electron chi connectivity index (χ4n) is 2.97. The van der Waals surface area contributed by atoms with Gasteiger partial charge in [-0.25, -0.2) is 14.6 Å². The van der Waals surface area contributed by atoms with Crippen molar-refractivity contribution in [3.63, 3.8) is 0 Å². The summed E-state index contributed by atoms with van der Waals surface area (Å²) in [5.74, 6) is -0.198. The molecule has 1 N–H and O–H groups in total. The van der Waals surface area contributed by atoms with Gasteiger partial charge < -0.3 is 15.0 Å². The zero-order valence-corrected chi connectivity index (χ0v) is 18.9. The number of nitrogens with one attached hydrogen (secondary N) is 1. The van der Waals surface area contributed by atoms with E-state index in [0.29, 0.717) is 12.5 Å². The van der Waals surface area contributed by atoms with Crippen LogP contribution in [0.25, 0.3) is 0 Å². The summed E-state index contributed by atoms with van der Waals surface area (Å²) >= 11 is 1.62. The van der Waals surface area contributed by atoms with Crippen molar-refractivity contribution in [1.82, 2.24) is 15.2 Å². The zero-order chi connectivity index (χ0) is 21.6. The lowest BCUT2D eigenvalue weighted by Crippen LogP contribution is -2.49. The van der Waals surface area contributed by atoms with Gasteiger partial charge in [0.2, 0.25) is 0 Å². The van der Waals surface area contributed by atoms with Crippen molar-refractivity contribution in [3.05, 3.63) is 51.5 Å². The molecule has 0 saturated heterocycles. The molecule has 7 heteroatoms. The highest BCUT2D eigenvalue weighted by Gasteiger charge is 2.26. The number of hydrogen-bond acceptors (Lipinski definition) is 5. The van der Waals surface area contributed by atoms with Gasteiger partial charge in [-0.1, -0.05) is 50.6 Å². The summed E-state index contributed by atoms with van der Waals surface area (Å²) in [5, 5.41) is 5.79. The van der Waals surface area contributed by atoms with Crippen LogP contribution in [0.5, 0.6) is 0 Å². The minimum atomic E-state index is -0.671. The molecule has 0 radical (unpaired) electrons. The Bertz CT molecular complexity index is 817. The molecule has 29 heavy (non-hydrogen) atoms. The number of methoxy groups -OCH3 is 1. The number of thiazole rings is 1. The highest BCUT2D eigenvalue weighted by molar-refractivity contribution is 7.09. The van der Waals surface area contributed by atoms with Crippen LogP contribution in [0.2, 0.25) is 0 Å². The van der Waals surface area contributed by atoms with Crippen LogP contribution >= 0.6 is 11.3 Å². The maximum absolute atomic E-state index is 12.5. The van der Waals surface area contributed by atoms with Crippen molar-refractivity contribution in [3.8, 4) is 0 Å². The summed E-state index contributed by atoms with van der Waals surface area (Å²) in [7, 11) is 3.01. The molecule has 0 bridgehead atoms. The molecule has 2 rings (SSSR count). The van der Waals surface area contributed by atoms with Crippen LogP contribution < -0.4 is 5.32 Å². The third-order valence-corrected chi connectivity index (χ3v) is 5.93. The number of benzene rings is 1. The second-order valence-electron chi connectivity index (χ2n) is 7.82. The Balaban J connectivity index is 1.95. The average Bonchev–Trinajstić information content (AvgIpc) is 3.15. The molecule has 1 aromatic heterocycles. The van der Waals surface area contributed by atoms with Crippen molar-refractivity contribution in [2.75, 3.05) is 14.2 Å². The summed E-state index contributed by atoms with van der Waals surface area (Å²) in [6.45, 7) is 8.36. The summed E-state index contributed by atoms with van der Waals surface area (Å²) in [4.78, 5) is 30.6. The lowest BCUT2D eigenvalue weighted by Gasteiger charge is -2.23. The summed E-state index contributed by atoms with van der Waals surface area (Å²) in [6.07, 6.45) is 0.929. The van der Waals surface area contributed by atoms with Gasteiger partial charge in [-0.3, -0.25) is 0 Å². The summed E-state index contributed by atoms with van der Waals surface area (Å²) in [6, 6.07) is 7.57. The van der Waals surface area contributed by atoms with Gasteiger partial charge in [-0.2, -0.15) is 0 Å². The van der Waals surface area contributed by atoms with E-state index in [2.05, 4.69) is 43.4 Å². The van der Waals surface area contributed by atoms with Gasteiger partial charge in [-0.15, -0.1) is 11.3 Å². The molecular weight excluding hydrogens is 386 g/mol. The van der Waals surface area contributed by atoms with Gasteiger partial charge in [0.05, 0.1) is 24.4 Å². The lowest BCUT2D eigenvalue weighted by molar-refractivity contribution is -0.144. The molecule has 1 unspecified atom stereocenters. The van der Waals surface area contributed by atoms with Crippen molar-refractivity contribution in [2.24, 2.45) is 5.92 Å². The van der Waals surface area contributed by atoms with E-state index in [1.54, 1.807) is 18.4 Å². The Morgan fingerprint density at radius 3 is 2.45 bits per heavy atom. The molecular formula is C22H31N3O3S. The molecule has 0 aliphatic rings. The molecule has 0 aliphatic heterocycles. The van der Waals surface area contributed by atoms with Crippen LogP contribution in [-0.4, -0.2) is 42.1 Å². The highest BCUT2D eigenvalue weighted by Crippen LogP contribution is 2.24. The maximum Gasteiger partial charge on any atom is 0.328 e. The first kappa shape index (κ1) is 22.9. The Hall–Kier alpha value is -2.41.